The fourth-order valence-electron chi connectivity index (χ4n) is 2.91. The van der Waals surface area contributed by atoms with Gasteiger partial charge in [-0.2, -0.15) is 32.0 Å². The van der Waals surface area contributed by atoms with Crippen LogP contribution in [0.4, 0.5) is 26.7 Å². The zero-order valence-electron chi connectivity index (χ0n) is 22.5. The van der Waals surface area contributed by atoms with Gasteiger partial charge in [-0.1, -0.05) is 0 Å². The monoisotopic (exact) mass is 577 g/mol. The minimum Gasteiger partial charge on any atom is -0.483 e. The van der Waals surface area contributed by atoms with Crippen molar-refractivity contribution in [1.29, 1.82) is 0 Å². The molecule has 3 aromatic rings. The number of fused-ring (bicyclic) bond motifs is 1. The summed E-state index contributed by atoms with van der Waals surface area (Å²) in [4.78, 5) is 23.8. The molecule has 0 N–H and O–H groups in total. The Bertz CT molecular complexity index is 1330. The molecule has 0 aromatic carbocycles. The van der Waals surface area contributed by atoms with Gasteiger partial charge in [0.25, 0.3) is 0 Å². The molecule has 3 aromatic heterocycles. The van der Waals surface area contributed by atoms with Crippen LogP contribution in [-0.2, 0) is 9.47 Å². The van der Waals surface area contributed by atoms with E-state index in [9.17, 15) is 26.7 Å². The summed E-state index contributed by atoms with van der Waals surface area (Å²) in [5, 5.41) is 4.41. The van der Waals surface area contributed by atoms with Crippen LogP contribution in [-0.4, -0.2) is 73.8 Å². The molecule has 0 bridgehead atoms. The van der Waals surface area contributed by atoms with E-state index in [0.29, 0.717) is 5.56 Å². The van der Waals surface area contributed by atoms with Crippen molar-refractivity contribution >= 4 is 11.8 Å². The summed E-state index contributed by atoms with van der Waals surface area (Å²) in [6.45, 7) is 5.98. The van der Waals surface area contributed by atoms with Gasteiger partial charge in [0.05, 0.1) is 5.56 Å². The Morgan fingerprint density at radius 3 is 2.17 bits per heavy atom. The molecule has 0 amide bonds. The van der Waals surface area contributed by atoms with E-state index in [2.05, 4.69) is 29.5 Å². The summed E-state index contributed by atoms with van der Waals surface area (Å²) >= 11 is 0. The second-order valence-electron chi connectivity index (χ2n) is 10.5. The summed E-state index contributed by atoms with van der Waals surface area (Å²) in [6.07, 6.45) is -2.52. The normalized spacial score (nSPS) is 12.8. The minimum absolute atomic E-state index is 0.0454. The van der Waals surface area contributed by atoms with Crippen LogP contribution in [0.15, 0.2) is 24.7 Å². The van der Waals surface area contributed by atoms with E-state index in [1.54, 1.807) is 20.8 Å². The van der Waals surface area contributed by atoms with Gasteiger partial charge >= 0.3 is 24.3 Å². The van der Waals surface area contributed by atoms with E-state index in [-0.39, 0.29) is 29.0 Å². The van der Waals surface area contributed by atoms with Gasteiger partial charge in [-0.25, -0.2) is 19.3 Å². The zero-order chi connectivity index (χ0) is 29.9. The largest absolute Gasteiger partial charge is 0.508 e. The Labute approximate surface area is 225 Å². The van der Waals surface area contributed by atoms with Gasteiger partial charge in [0.2, 0.25) is 5.88 Å². The molecular weight excluding hydrogens is 549 g/mol. The van der Waals surface area contributed by atoms with E-state index in [1.165, 1.54) is 29.2 Å². The van der Waals surface area contributed by atoms with E-state index in [4.69, 9.17) is 14.2 Å². The van der Waals surface area contributed by atoms with Crippen LogP contribution in [0, 0.1) is 0 Å². The average Bonchev–Trinajstić information content (AvgIpc) is 3.26. The Morgan fingerprint density at radius 2 is 1.55 bits per heavy atom. The minimum atomic E-state index is -4.83. The average molecular weight is 578 g/mol. The van der Waals surface area contributed by atoms with Gasteiger partial charge in [-0.15, -0.1) is 0 Å². The molecule has 3 rings (SSSR count). The number of aromatic nitrogens is 5. The molecule has 0 saturated heterocycles. The summed E-state index contributed by atoms with van der Waals surface area (Å²) in [7, 11) is 0. The molecular formula is C24H28F5N5O6. The second-order valence-corrected chi connectivity index (χ2v) is 10.5. The third kappa shape index (κ3) is 9.34. The first-order valence-electron chi connectivity index (χ1n) is 11.8. The molecule has 0 radical (unpaired) electrons. The SMILES string of the molecule is CC(C)(C)Oc1ncc(-c2cc(OCC(F)(F)COC(=O)OCC(F)(F)F)c3nccn3n2)c(OC(C)(C)C)n1. The number of alkyl halides is 5. The highest BCUT2D eigenvalue weighted by atomic mass is 19.4. The molecule has 40 heavy (non-hydrogen) atoms. The number of carbonyl (C=O) groups is 1. The fourth-order valence-corrected chi connectivity index (χ4v) is 2.91. The van der Waals surface area contributed by atoms with Crippen molar-refractivity contribution in [3.8, 4) is 28.9 Å². The summed E-state index contributed by atoms with van der Waals surface area (Å²) in [6, 6.07) is 1.36. The molecule has 0 unspecified atom stereocenters. The molecule has 0 atom stereocenters. The maximum Gasteiger partial charge on any atom is 0.508 e. The Hall–Kier alpha value is -3.98. The molecule has 0 aliphatic carbocycles. The lowest BCUT2D eigenvalue weighted by molar-refractivity contribution is -0.168. The van der Waals surface area contributed by atoms with E-state index in [0.717, 1.165) is 0 Å². The van der Waals surface area contributed by atoms with Crippen LogP contribution in [0.25, 0.3) is 16.9 Å². The third-order valence-electron chi connectivity index (χ3n) is 4.33. The number of nitrogens with zero attached hydrogens (tertiary/aromatic N) is 5. The molecule has 16 heteroatoms. The highest BCUT2D eigenvalue weighted by Crippen LogP contribution is 2.34. The van der Waals surface area contributed by atoms with Gasteiger partial charge in [0, 0.05) is 24.7 Å². The molecule has 3 heterocycles. The number of ether oxygens (including phenoxy) is 5. The molecule has 11 nitrogen and oxygen atoms in total. The number of rotatable bonds is 9. The topological polar surface area (TPSA) is 119 Å². The molecule has 0 fully saturated rings. The molecule has 0 aliphatic rings. The number of halogens is 5. The maximum absolute atomic E-state index is 14.3. The zero-order valence-corrected chi connectivity index (χ0v) is 22.5. The van der Waals surface area contributed by atoms with Crippen molar-refractivity contribution in [1.82, 2.24) is 24.6 Å². The molecule has 0 saturated carbocycles. The van der Waals surface area contributed by atoms with Crippen LogP contribution in [0.3, 0.4) is 0 Å². The van der Waals surface area contributed by atoms with Crippen LogP contribution in [0.5, 0.6) is 17.6 Å². The number of hydrogen-bond acceptors (Lipinski definition) is 10. The maximum atomic E-state index is 14.3. The Kier molecular flexibility index (Phi) is 8.60. The summed E-state index contributed by atoms with van der Waals surface area (Å²) in [5.74, 6) is -3.82. The standard InChI is InChI=1S/C24H28F5N5O6/c1-21(2,3)39-18-14(10-31-19(32-18)40-22(4,5)6)15-9-16(17-30-7-8-34(17)33-15)36-11-23(25,26)12-37-20(35)38-13-24(27,28)29/h7-10H,11-13H2,1-6H3. The number of hydrogen-bond donors (Lipinski definition) is 0. The quantitative estimate of drug-likeness (QED) is 0.246. The van der Waals surface area contributed by atoms with Crippen molar-refractivity contribution in [2.45, 2.75) is 64.8 Å². The highest BCUT2D eigenvalue weighted by Gasteiger charge is 2.35. The number of imidazole rings is 1. The van der Waals surface area contributed by atoms with Gasteiger partial charge < -0.3 is 23.7 Å². The first kappa shape index (κ1) is 30.6. The van der Waals surface area contributed by atoms with Crippen molar-refractivity contribution in [2.24, 2.45) is 0 Å². The molecule has 0 aliphatic heterocycles. The second kappa shape index (κ2) is 11.3. The van der Waals surface area contributed by atoms with Crippen LogP contribution < -0.4 is 14.2 Å². The van der Waals surface area contributed by atoms with Crippen molar-refractivity contribution in [3.05, 3.63) is 24.7 Å². The first-order chi connectivity index (χ1) is 18.3. The Balaban J connectivity index is 1.85. The lowest BCUT2D eigenvalue weighted by Gasteiger charge is -2.24. The smallest absolute Gasteiger partial charge is 0.483 e. The molecule has 220 valence electrons. The third-order valence-corrected chi connectivity index (χ3v) is 4.33. The highest BCUT2D eigenvalue weighted by molar-refractivity contribution is 5.68. The predicted octanol–water partition coefficient (Wildman–Crippen LogP) is 5.27. The van der Waals surface area contributed by atoms with E-state index in [1.807, 2.05) is 20.8 Å². The summed E-state index contributed by atoms with van der Waals surface area (Å²) < 4.78 is 91.2. The van der Waals surface area contributed by atoms with Crippen molar-refractivity contribution in [3.63, 3.8) is 0 Å². The fraction of sp³-hybridized carbons (Fsp3) is 0.542. The van der Waals surface area contributed by atoms with Gasteiger partial charge in [-0.3, -0.25) is 0 Å². The lowest BCUT2D eigenvalue weighted by Crippen LogP contribution is -2.33. The van der Waals surface area contributed by atoms with Crippen LogP contribution in [0.1, 0.15) is 41.5 Å². The van der Waals surface area contributed by atoms with Gasteiger partial charge in [0.15, 0.2) is 31.2 Å². The Morgan fingerprint density at radius 1 is 0.900 bits per heavy atom. The van der Waals surface area contributed by atoms with Crippen molar-refractivity contribution < 1.29 is 50.4 Å². The van der Waals surface area contributed by atoms with Crippen LogP contribution >= 0.6 is 0 Å². The van der Waals surface area contributed by atoms with E-state index >= 15 is 0 Å². The molecule has 0 spiro atoms. The number of carbonyl (C=O) groups excluding carboxylic acids is 1. The summed E-state index contributed by atoms with van der Waals surface area (Å²) in [5.41, 5.74) is -0.739. The predicted molar refractivity (Wildman–Crippen MR) is 129 cm³/mol. The van der Waals surface area contributed by atoms with Crippen molar-refractivity contribution in [2.75, 3.05) is 19.8 Å². The van der Waals surface area contributed by atoms with Crippen LogP contribution in [0.2, 0.25) is 0 Å². The van der Waals surface area contributed by atoms with E-state index < -0.39 is 49.3 Å². The van der Waals surface area contributed by atoms with Gasteiger partial charge in [-0.05, 0) is 41.5 Å². The lowest BCUT2D eigenvalue weighted by atomic mass is 10.1. The van der Waals surface area contributed by atoms with Gasteiger partial charge in [0.1, 0.15) is 16.9 Å². The first-order valence-corrected chi connectivity index (χ1v) is 11.8.